The number of rotatable bonds is 1. The molecule has 1 aromatic heterocycles. The van der Waals surface area contributed by atoms with E-state index in [4.69, 9.17) is 20.2 Å². The molecule has 2 aromatic rings. The van der Waals surface area contributed by atoms with Crippen LogP contribution in [0.15, 0.2) is 28.9 Å². The summed E-state index contributed by atoms with van der Waals surface area (Å²) in [5, 5.41) is 18.8. The standard InChI is InChI=1S/C8H8BNO3/c10-6-3-5-1-2-13-8(5)7(4-6)9(11)12/h1-4,11-12H,10H2. The number of furan rings is 1. The highest BCUT2D eigenvalue weighted by molar-refractivity contribution is 6.61. The summed E-state index contributed by atoms with van der Waals surface area (Å²) in [7, 11) is -1.56. The molecule has 0 aliphatic carbocycles. The quantitative estimate of drug-likeness (QED) is 0.412. The molecule has 66 valence electrons. The second-order valence-corrected chi connectivity index (χ2v) is 2.82. The minimum absolute atomic E-state index is 0.292. The Morgan fingerprint density at radius 1 is 1.31 bits per heavy atom. The zero-order valence-corrected chi connectivity index (χ0v) is 6.77. The van der Waals surface area contributed by atoms with Crippen LogP contribution < -0.4 is 11.2 Å². The summed E-state index contributed by atoms with van der Waals surface area (Å²) in [5.41, 5.74) is 6.80. The van der Waals surface area contributed by atoms with Crippen molar-refractivity contribution in [2.45, 2.75) is 0 Å². The molecule has 4 N–H and O–H groups in total. The summed E-state index contributed by atoms with van der Waals surface area (Å²) in [6.45, 7) is 0. The second kappa shape index (κ2) is 2.79. The fourth-order valence-electron chi connectivity index (χ4n) is 1.33. The van der Waals surface area contributed by atoms with Gasteiger partial charge in [0.15, 0.2) is 0 Å². The monoisotopic (exact) mass is 177 g/mol. The topological polar surface area (TPSA) is 79.6 Å². The van der Waals surface area contributed by atoms with Crippen LogP contribution in [-0.2, 0) is 0 Å². The maximum Gasteiger partial charge on any atom is 0.492 e. The molecule has 0 atom stereocenters. The smallest absolute Gasteiger partial charge is 0.465 e. The molecule has 1 heterocycles. The Morgan fingerprint density at radius 3 is 2.77 bits per heavy atom. The third-order valence-electron chi connectivity index (χ3n) is 1.88. The molecule has 0 aliphatic heterocycles. The van der Waals surface area contributed by atoms with E-state index in [1.54, 1.807) is 12.1 Å². The molecule has 0 saturated heterocycles. The molecule has 2 rings (SSSR count). The Morgan fingerprint density at radius 2 is 2.08 bits per heavy atom. The van der Waals surface area contributed by atoms with Crippen LogP contribution in [0.25, 0.3) is 11.0 Å². The van der Waals surface area contributed by atoms with Gasteiger partial charge in [-0.25, -0.2) is 0 Å². The average Bonchev–Trinajstić information content (AvgIpc) is 2.49. The first-order valence-corrected chi connectivity index (χ1v) is 3.81. The van der Waals surface area contributed by atoms with E-state index < -0.39 is 7.12 Å². The van der Waals surface area contributed by atoms with E-state index in [0.717, 1.165) is 5.39 Å². The van der Waals surface area contributed by atoms with Gasteiger partial charge in [-0.05, 0) is 18.2 Å². The molecule has 0 saturated carbocycles. The number of fused-ring (bicyclic) bond motifs is 1. The minimum Gasteiger partial charge on any atom is -0.465 e. The Bertz CT molecular complexity index is 438. The van der Waals surface area contributed by atoms with Gasteiger partial charge < -0.3 is 20.2 Å². The summed E-state index contributed by atoms with van der Waals surface area (Å²) < 4.78 is 5.09. The number of hydrogen-bond donors (Lipinski definition) is 3. The highest BCUT2D eigenvalue weighted by Crippen LogP contribution is 2.16. The fourth-order valence-corrected chi connectivity index (χ4v) is 1.33. The maximum atomic E-state index is 9.00. The number of nitrogen functional groups attached to an aromatic ring is 1. The van der Waals surface area contributed by atoms with Gasteiger partial charge in [-0.3, -0.25) is 0 Å². The van der Waals surface area contributed by atoms with Gasteiger partial charge in [-0.1, -0.05) is 0 Å². The van der Waals surface area contributed by atoms with Crippen LogP contribution in [0.3, 0.4) is 0 Å². The van der Waals surface area contributed by atoms with Gasteiger partial charge in [-0.2, -0.15) is 0 Å². The molecular formula is C8H8BNO3. The highest BCUT2D eigenvalue weighted by Gasteiger charge is 2.17. The highest BCUT2D eigenvalue weighted by atomic mass is 16.4. The summed E-state index contributed by atoms with van der Waals surface area (Å²) in [6.07, 6.45) is 1.48. The molecular weight excluding hydrogens is 169 g/mol. The molecule has 0 bridgehead atoms. The van der Waals surface area contributed by atoms with E-state index in [0.29, 0.717) is 16.7 Å². The van der Waals surface area contributed by atoms with Crippen molar-refractivity contribution in [1.29, 1.82) is 0 Å². The zero-order valence-electron chi connectivity index (χ0n) is 6.77. The van der Waals surface area contributed by atoms with Gasteiger partial charge in [0, 0.05) is 16.5 Å². The Labute approximate surface area is 74.7 Å². The number of benzene rings is 1. The van der Waals surface area contributed by atoms with Gasteiger partial charge in [-0.15, -0.1) is 0 Å². The van der Waals surface area contributed by atoms with Crippen molar-refractivity contribution >= 4 is 29.2 Å². The minimum atomic E-state index is -1.56. The molecule has 0 unspecified atom stereocenters. The van der Waals surface area contributed by atoms with Crippen molar-refractivity contribution in [3.63, 3.8) is 0 Å². The third kappa shape index (κ3) is 1.28. The maximum absolute atomic E-state index is 9.00. The van der Waals surface area contributed by atoms with Gasteiger partial charge in [0.25, 0.3) is 0 Å². The van der Waals surface area contributed by atoms with Crippen molar-refractivity contribution in [1.82, 2.24) is 0 Å². The molecule has 0 fully saturated rings. The van der Waals surface area contributed by atoms with Crippen molar-refractivity contribution in [3.05, 3.63) is 24.5 Å². The van der Waals surface area contributed by atoms with E-state index in [9.17, 15) is 0 Å². The van der Waals surface area contributed by atoms with Crippen LogP contribution in [-0.4, -0.2) is 17.2 Å². The Balaban J connectivity index is 2.77. The van der Waals surface area contributed by atoms with E-state index in [1.165, 1.54) is 12.3 Å². The molecule has 1 aromatic carbocycles. The summed E-state index contributed by atoms with van der Waals surface area (Å²) in [6, 6.07) is 4.92. The lowest BCUT2D eigenvalue weighted by atomic mass is 9.79. The van der Waals surface area contributed by atoms with Gasteiger partial charge >= 0.3 is 7.12 Å². The second-order valence-electron chi connectivity index (χ2n) is 2.82. The molecule has 0 aliphatic rings. The van der Waals surface area contributed by atoms with Crippen molar-refractivity contribution in [2.24, 2.45) is 0 Å². The average molecular weight is 177 g/mol. The fraction of sp³-hybridized carbons (Fsp3) is 0. The molecule has 0 radical (unpaired) electrons. The van der Waals surface area contributed by atoms with E-state index in [1.807, 2.05) is 0 Å². The van der Waals surface area contributed by atoms with Crippen molar-refractivity contribution < 1.29 is 14.5 Å². The summed E-state index contributed by atoms with van der Waals surface area (Å²) in [5.74, 6) is 0. The molecule has 0 amide bonds. The van der Waals surface area contributed by atoms with Crippen LogP contribution in [0.5, 0.6) is 0 Å². The number of anilines is 1. The molecule has 5 heteroatoms. The SMILES string of the molecule is Nc1cc(B(O)O)c2occc2c1. The van der Waals surface area contributed by atoms with Crippen LogP contribution in [0.2, 0.25) is 0 Å². The van der Waals surface area contributed by atoms with Gasteiger partial charge in [0.2, 0.25) is 0 Å². The number of hydrogen-bond acceptors (Lipinski definition) is 4. The lowest BCUT2D eigenvalue weighted by Crippen LogP contribution is -2.30. The third-order valence-corrected chi connectivity index (χ3v) is 1.88. The predicted molar refractivity (Wildman–Crippen MR) is 50.5 cm³/mol. The summed E-state index contributed by atoms with van der Waals surface area (Å²) in [4.78, 5) is 0. The van der Waals surface area contributed by atoms with Gasteiger partial charge in [0.1, 0.15) is 5.58 Å². The van der Waals surface area contributed by atoms with E-state index >= 15 is 0 Å². The lowest BCUT2D eigenvalue weighted by molar-refractivity contribution is 0.425. The molecule has 0 spiro atoms. The van der Waals surface area contributed by atoms with Crippen LogP contribution in [0.1, 0.15) is 0 Å². The van der Waals surface area contributed by atoms with Crippen molar-refractivity contribution in [2.75, 3.05) is 5.73 Å². The number of nitrogens with two attached hydrogens (primary N) is 1. The van der Waals surface area contributed by atoms with Crippen molar-refractivity contribution in [3.8, 4) is 0 Å². The van der Waals surface area contributed by atoms with Crippen LogP contribution >= 0.6 is 0 Å². The first-order chi connectivity index (χ1) is 6.18. The van der Waals surface area contributed by atoms with Crippen LogP contribution in [0, 0.1) is 0 Å². The molecule has 13 heavy (non-hydrogen) atoms. The van der Waals surface area contributed by atoms with E-state index in [2.05, 4.69) is 0 Å². The summed E-state index contributed by atoms with van der Waals surface area (Å²) >= 11 is 0. The molecule has 4 nitrogen and oxygen atoms in total. The predicted octanol–water partition coefficient (Wildman–Crippen LogP) is -0.305. The lowest BCUT2D eigenvalue weighted by Gasteiger charge is -2.01. The Hall–Kier alpha value is -1.46. The zero-order chi connectivity index (χ0) is 9.42. The van der Waals surface area contributed by atoms with Crippen LogP contribution in [0.4, 0.5) is 5.69 Å². The largest absolute Gasteiger partial charge is 0.492 e. The normalized spacial score (nSPS) is 10.6. The van der Waals surface area contributed by atoms with Gasteiger partial charge in [0.05, 0.1) is 6.26 Å². The first kappa shape index (κ1) is 8.16. The van der Waals surface area contributed by atoms with E-state index in [-0.39, 0.29) is 0 Å². The first-order valence-electron chi connectivity index (χ1n) is 3.81. The Kier molecular flexibility index (Phi) is 1.75.